The first-order valence-corrected chi connectivity index (χ1v) is 45.3. The summed E-state index contributed by atoms with van der Waals surface area (Å²) in [7, 11) is 0. The highest BCUT2D eigenvalue weighted by atomic mass is 16.4. The van der Waals surface area contributed by atoms with Gasteiger partial charge in [0.15, 0.2) is 11.9 Å². The van der Waals surface area contributed by atoms with E-state index in [9.17, 15) is 97.5 Å². The zero-order chi connectivity index (χ0) is 103. The number of aromatic amines is 2. The van der Waals surface area contributed by atoms with Gasteiger partial charge in [-0.2, -0.15) is 0 Å². The van der Waals surface area contributed by atoms with Crippen LogP contribution in [0.5, 0.6) is 11.5 Å². The van der Waals surface area contributed by atoms with Gasteiger partial charge in [-0.25, -0.2) is 9.78 Å². The van der Waals surface area contributed by atoms with Gasteiger partial charge in [-0.3, -0.25) is 87.5 Å². The Hall–Kier alpha value is -15.4. The maximum absolute atomic E-state index is 15.1. The largest absolute Gasteiger partial charge is 0.508 e. The van der Waals surface area contributed by atoms with Crippen molar-refractivity contribution in [3.63, 3.8) is 0 Å². The molecule has 0 fully saturated rings. The number of aliphatic carboxylic acids is 2. The molecule has 0 spiro atoms. The molecule has 139 heavy (non-hydrogen) atoms. The van der Waals surface area contributed by atoms with E-state index >= 15 is 9.59 Å². The third-order valence-corrected chi connectivity index (χ3v) is 21.8. The third-order valence-electron chi connectivity index (χ3n) is 21.8. The van der Waals surface area contributed by atoms with E-state index in [4.69, 9.17) is 39.5 Å². The molecular formula is C91H130N26O22. The van der Waals surface area contributed by atoms with E-state index in [0.717, 1.165) is 0 Å². The summed E-state index contributed by atoms with van der Waals surface area (Å²) in [6.07, 6.45) is 0.715. The van der Waals surface area contributed by atoms with Crippen LogP contribution in [0.2, 0.25) is 0 Å². The van der Waals surface area contributed by atoms with Crippen LogP contribution in [-0.4, -0.2) is 270 Å². The zero-order valence-electron chi connectivity index (χ0n) is 77.9. The van der Waals surface area contributed by atoms with Gasteiger partial charge in [-0.05, 0) is 142 Å². The fourth-order valence-corrected chi connectivity index (χ4v) is 14.5. The number of nitrogens with zero attached hydrogens (tertiary/aromatic N) is 1. The summed E-state index contributed by atoms with van der Waals surface area (Å²) in [6.45, 7) is 6.61. The predicted octanol–water partition coefficient (Wildman–Crippen LogP) is -4.85. The number of phenolic OH excluding ortho intramolecular Hbond substituents is 2. The van der Waals surface area contributed by atoms with Crippen LogP contribution in [-0.2, 0) is 114 Å². The van der Waals surface area contributed by atoms with Crippen LogP contribution in [0.25, 0.3) is 10.9 Å². The van der Waals surface area contributed by atoms with Gasteiger partial charge >= 0.3 is 11.9 Å². The van der Waals surface area contributed by atoms with Crippen LogP contribution < -0.4 is 114 Å². The van der Waals surface area contributed by atoms with Gasteiger partial charge in [0.1, 0.15) is 96.1 Å². The number of unbranched alkanes of at least 4 members (excludes halogenated alkanes) is 1. The lowest BCUT2D eigenvalue weighted by Gasteiger charge is -2.28. The molecule has 0 aliphatic heterocycles. The average molecular weight is 1940 g/mol. The number of carbonyl (C=O) groups is 17. The van der Waals surface area contributed by atoms with E-state index in [-0.39, 0.29) is 113 Å². The third kappa shape index (κ3) is 40.2. The van der Waals surface area contributed by atoms with E-state index in [1.807, 2.05) is 0 Å². The van der Waals surface area contributed by atoms with Gasteiger partial charge in [0.05, 0.1) is 25.9 Å². The summed E-state index contributed by atoms with van der Waals surface area (Å²) in [5, 5.41) is 107. The normalized spacial score (nSPS) is 14.1. The van der Waals surface area contributed by atoms with Crippen LogP contribution in [0.15, 0.2) is 122 Å². The first-order chi connectivity index (χ1) is 66.0. The predicted molar refractivity (Wildman–Crippen MR) is 505 cm³/mol. The van der Waals surface area contributed by atoms with Crippen LogP contribution in [0.4, 0.5) is 0 Å². The van der Waals surface area contributed by atoms with E-state index < -0.39 is 242 Å². The topological polar surface area (TPSA) is 806 Å². The van der Waals surface area contributed by atoms with Crippen molar-refractivity contribution >= 4 is 123 Å². The van der Waals surface area contributed by atoms with Gasteiger partial charge in [0, 0.05) is 80.6 Å². The van der Waals surface area contributed by atoms with E-state index in [2.05, 4.69) is 100 Å². The standard InChI is InChI=1S/C91H130N26O22/c1-48(2)35-65(114-88(137)72(42-75(123)124)117-87(136)71(41-55-44-99-47-104-55)116-81(130)63(30-31-73(94)121)109-85(134)69(112-77(126)59(93)46-118)39-53-24-28-57(120)29-25-53)82(131)107-61(20-13-33-100-90(95)96)79(128)105-50(5)76(125)111-67(38-52-22-26-56(119)27-23-52)78(127)103-45-74(122)106-68(37-51-15-7-6-8-16-51)84(133)115-70(40-54-43-102-60-18-10-9-17-58(54)60)86(135)108-62(21-14-34-101-91(97)98)80(129)113-66(36-49(3)4)83(132)110-64(89(138)139)19-11-12-32-92/h6-10,15-18,22-29,43-44,47-50,59,61-72,102,118-120H,11-14,19-21,30-42,45-46,92-93H2,1-5H3,(H2,94,121)(H,99,104)(H,103,127)(H,105,128)(H,106,122)(H,107,131)(H,108,135)(H,109,134)(H,110,132)(H,111,125)(H,112,126)(H,113,129)(H,114,137)(H,115,133)(H,116,130)(H,117,136)(H,123,124)(H,138,139)(H4,95,96,100)(H4,97,98,101)/t50-,59-,61-,62-,63-,64-,65-,66-,67-,68-,69-,70-,71-,72-/m0/s1. The van der Waals surface area contributed by atoms with Crippen molar-refractivity contribution in [3.8, 4) is 11.5 Å². The fraction of sp³-hybridized carbons (Fsp3) is 0.473. The number of carbonyl (C=O) groups excluding carboxylic acids is 15. The van der Waals surface area contributed by atoms with Gasteiger partial charge in [0.25, 0.3) is 0 Å². The number of benzene rings is 4. The highest BCUT2D eigenvalue weighted by Gasteiger charge is 2.39. The number of fused-ring (bicyclic) bond motifs is 1. The van der Waals surface area contributed by atoms with Crippen molar-refractivity contribution < 1.29 is 107 Å². The Morgan fingerprint density at radius 2 is 0.813 bits per heavy atom. The number of para-hydroxylation sites is 1. The highest BCUT2D eigenvalue weighted by Crippen LogP contribution is 2.22. The number of primary amides is 1. The molecule has 0 saturated heterocycles. The fourth-order valence-electron chi connectivity index (χ4n) is 14.5. The highest BCUT2D eigenvalue weighted by molar-refractivity contribution is 6.01. The average Bonchev–Trinajstić information content (AvgIpc) is 1.69. The first-order valence-electron chi connectivity index (χ1n) is 45.3. The van der Waals surface area contributed by atoms with Crippen molar-refractivity contribution in [2.75, 3.05) is 32.8 Å². The molecule has 2 aromatic heterocycles. The smallest absolute Gasteiger partial charge is 0.326 e. The van der Waals surface area contributed by atoms with Crippen LogP contribution in [0, 0.1) is 22.7 Å². The number of hydrogen-bond acceptors (Lipinski definition) is 25. The second-order valence-electron chi connectivity index (χ2n) is 34.3. The lowest BCUT2D eigenvalue weighted by Crippen LogP contribution is -2.61. The summed E-state index contributed by atoms with van der Waals surface area (Å²) in [5.74, 6) is -20.1. The number of nitrogens with two attached hydrogens (primary N) is 5. The molecular weight excluding hydrogens is 1810 g/mol. The molecule has 2 heterocycles. The molecule has 0 aliphatic carbocycles. The van der Waals surface area contributed by atoms with Crippen molar-refractivity contribution in [1.29, 1.82) is 10.8 Å². The summed E-state index contributed by atoms with van der Waals surface area (Å²) in [4.78, 5) is 249. The van der Waals surface area contributed by atoms with Gasteiger partial charge in [-0.15, -0.1) is 0 Å². The van der Waals surface area contributed by atoms with Crippen molar-refractivity contribution in [2.45, 2.75) is 228 Å². The minimum absolute atomic E-state index is 0.0147. The maximum Gasteiger partial charge on any atom is 0.326 e. The van der Waals surface area contributed by atoms with Gasteiger partial charge in [0.2, 0.25) is 88.6 Å². The van der Waals surface area contributed by atoms with Crippen molar-refractivity contribution in [3.05, 3.63) is 150 Å². The van der Waals surface area contributed by atoms with E-state index in [0.29, 0.717) is 46.0 Å². The van der Waals surface area contributed by atoms with Crippen LogP contribution >= 0.6 is 0 Å². The molecule has 756 valence electrons. The molecule has 6 aromatic rings. The number of carboxylic acid groups (broad SMARTS) is 2. The Morgan fingerprint density at radius 3 is 1.29 bits per heavy atom. The summed E-state index contributed by atoms with van der Waals surface area (Å²) >= 11 is 0. The number of phenols is 2. The first kappa shape index (κ1) is 112. The molecule has 4 aromatic carbocycles. The van der Waals surface area contributed by atoms with Crippen molar-refractivity contribution in [2.24, 2.45) is 40.5 Å². The quantitative estimate of drug-likeness (QED) is 0.00967. The minimum Gasteiger partial charge on any atom is -0.508 e. The van der Waals surface area contributed by atoms with Gasteiger partial charge in [-0.1, -0.05) is 100 Å². The maximum atomic E-state index is 15.1. The molecule has 0 saturated carbocycles. The molecule has 35 N–H and O–H groups in total. The Labute approximate surface area is 800 Å². The number of carboxylic acids is 2. The number of rotatable bonds is 61. The lowest BCUT2D eigenvalue weighted by atomic mass is 10.00. The molecule has 0 bridgehead atoms. The summed E-state index contributed by atoms with van der Waals surface area (Å²) in [6, 6.07) is 4.04. The number of aliphatic hydroxyl groups excluding tert-OH is 1. The number of amides is 15. The molecule has 0 unspecified atom stereocenters. The molecule has 14 atom stereocenters. The Morgan fingerprint density at radius 1 is 0.410 bits per heavy atom. The second-order valence-corrected chi connectivity index (χ2v) is 34.3. The number of aliphatic hydroxyl groups is 1. The second kappa shape index (κ2) is 57.5. The number of nitrogens with one attached hydrogen (secondary N) is 20. The molecule has 48 heteroatoms. The Kier molecular flexibility index (Phi) is 46.5. The number of H-pyrrole nitrogens is 2. The lowest BCUT2D eigenvalue weighted by molar-refractivity contribution is -0.142. The SMILES string of the molecule is CC(C)C[C@H](NC(=O)[C@H](CCCNC(=N)N)NC(=O)[C@H](Cc1c[nH]c2ccccc12)NC(=O)[C@H](Cc1ccccc1)NC(=O)CNC(=O)[C@H](Cc1ccc(O)cc1)NC(=O)[C@H](C)NC(=O)[C@H](CCCNC(=N)N)NC(=O)[C@H](CC(C)C)NC(=O)[C@H](CC(=O)O)NC(=O)[C@H](Cc1cnc[nH]1)NC(=O)[C@H](CCC(N)=O)NC(=O)[C@H](Cc1ccc(O)cc1)NC(=O)[C@@H](N)CO)C(=O)N[C@@H](CCCCN)C(=O)O. The number of aromatic hydroxyl groups is 2. The Bertz CT molecular complexity index is 5160. The number of guanidine groups is 2. The number of hydrogen-bond donors (Lipinski definition) is 30. The van der Waals surface area contributed by atoms with Crippen LogP contribution in [0.1, 0.15) is 140 Å². The van der Waals surface area contributed by atoms with Gasteiger partial charge < -0.3 is 149 Å². The molecule has 48 nitrogen and oxygen atoms in total. The van der Waals surface area contributed by atoms with Crippen molar-refractivity contribution in [1.82, 2.24) is 100 Å². The summed E-state index contributed by atoms with van der Waals surface area (Å²) < 4.78 is 0. The van der Waals surface area contributed by atoms with E-state index in [1.165, 1.54) is 68.0 Å². The number of aromatic nitrogens is 3. The van der Waals surface area contributed by atoms with E-state index in [1.54, 1.807) is 88.5 Å². The monoisotopic (exact) mass is 1940 g/mol. The molecule has 0 radical (unpaired) electrons. The number of imidazole rings is 1. The molecule has 15 amide bonds. The Balaban J connectivity index is 1.22. The zero-order valence-corrected chi connectivity index (χ0v) is 77.9. The van der Waals surface area contributed by atoms with Crippen LogP contribution in [0.3, 0.4) is 0 Å². The molecule has 6 rings (SSSR count). The molecule has 0 aliphatic rings. The summed E-state index contributed by atoms with van der Waals surface area (Å²) in [5.41, 5.74) is 30.6. The minimum atomic E-state index is -2.06.